The van der Waals surface area contributed by atoms with Gasteiger partial charge >= 0.3 is 0 Å². The third kappa shape index (κ3) is 2.72. The molecule has 0 unspecified atom stereocenters. The maximum absolute atomic E-state index is 5.16. The fraction of sp³-hybridized carbons (Fsp3) is 0.222. The number of ether oxygens (including phenoxy) is 1. The van der Waals surface area contributed by atoms with Crippen LogP contribution in [0.3, 0.4) is 0 Å². The van der Waals surface area contributed by atoms with Crippen LogP contribution in [0.4, 0.5) is 0 Å². The fourth-order valence-electron chi connectivity index (χ4n) is 2.34. The zero-order valence-corrected chi connectivity index (χ0v) is 12.5. The number of hydrogen-bond acceptors (Lipinski definition) is 3. The summed E-state index contributed by atoms with van der Waals surface area (Å²) in [4.78, 5) is 8.92. The van der Waals surface area contributed by atoms with E-state index in [1.54, 1.807) is 7.11 Å². The predicted molar refractivity (Wildman–Crippen MR) is 85.6 cm³/mol. The number of benzene rings is 1. The van der Waals surface area contributed by atoms with Crippen LogP contribution in [0, 0.1) is 0 Å². The molecule has 0 aliphatic rings. The van der Waals surface area contributed by atoms with Crippen molar-refractivity contribution < 1.29 is 4.74 Å². The van der Waals surface area contributed by atoms with Crippen molar-refractivity contribution in [2.45, 2.75) is 19.8 Å². The van der Waals surface area contributed by atoms with Crippen LogP contribution in [-0.2, 0) is 0 Å². The van der Waals surface area contributed by atoms with Gasteiger partial charge in [0.25, 0.3) is 0 Å². The first kappa shape index (κ1) is 13.6. The molecule has 0 fully saturated rings. The lowest BCUT2D eigenvalue weighted by molar-refractivity contribution is 0.399. The van der Waals surface area contributed by atoms with Crippen molar-refractivity contribution in [1.29, 1.82) is 0 Å². The average molecular weight is 278 g/mol. The standard InChI is InChI=1S/C18H18N2O/c1-12(2)13-8-9-19-17(11-13)15-4-6-16-14(10-15)5-7-18(20-16)21-3/h4-12H,1-3H3. The van der Waals surface area contributed by atoms with Crippen molar-refractivity contribution in [3.05, 3.63) is 54.2 Å². The summed E-state index contributed by atoms with van der Waals surface area (Å²) >= 11 is 0. The largest absolute Gasteiger partial charge is 0.481 e. The van der Waals surface area contributed by atoms with Gasteiger partial charge in [-0.1, -0.05) is 19.9 Å². The molecule has 0 bridgehead atoms. The second kappa shape index (κ2) is 5.52. The van der Waals surface area contributed by atoms with Gasteiger partial charge in [-0.3, -0.25) is 4.98 Å². The van der Waals surface area contributed by atoms with E-state index in [0.29, 0.717) is 11.8 Å². The summed E-state index contributed by atoms with van der Waals surface area (Å²) < 4.78 is 5.16. The van der Waals surface area contributed by atoms with E-state index in [4.69, 9.17) is 4.74 Å². The molecular weight excluding hydrogens is 260 g/mol. The van der Waals surface area contributed by atoms with E-state index in [9.17, 15) is 0 Å². The molecule has 3 heteroatoms. The monoisotopic (exact) mass is 278 g/mol. The number of aromatic nitrogens is 2. The second-order valence-electron chi connectivity index (χ2n) is 5.39. The second-order valence-corrected chi connectivity index (χ2v) is 5.39. The van der Waals surface area contributed by atoms with Gasteiger partial charge in [0, 0.05) is 23.2 Å². The maximum atomic E-state index is 5.16. The van der Waals surface area contributed by atoms with E-state index in [1.807, 2.05) is 24.4 Å². The van der Waals surface area contributed by atoms with E-state index in [-0.39, 0.29) is 0 Å². The molecule has 0 aliphatic heterocycles. The van der Waals surface area contributed by atoms with Crippen molar-refractivity contribution in [2.75, 3.05) is 7.11 Å². The summed E-state index contributed by atoms with van der Waals surface area (Å²) in [6.45, 7) is 4.38. The first-order valence-electron chi connectivity index (χ1n) is 7.08. The molecule has 0 aliphatic carbocycles. The molecule has 2 heterocycles. The topological polar surface area (TPSA) is 35.0 Å². The Morgan fingerprint density at radius 3 is 2.62 bits per heavy atom. The number of methoxy groups -OCH3 is 1. The highest BCUT2D eigenvalue weighted by Gasteiger charge is 2.06. The quantitative estimate of drug-likeness (QED) is 0.711. The van der Waals surface area contributed by atoms with Crippen LogP contribution in [0.2, 0.25) is 0 Å². The molecule has 0 spiro atoms. The Bertz CT molecular complexity index is 781. The highest BCUT2D eigenvalue weighted by Crippen LogP contribution is 2.25. The van der Waals surface area contributed by atoms with Gasteiger partial charge < -0.3 is 4.74 Å². The van der Waals surface area contributed by atoms with Crippen LogP contribution in [0.5, 0.6) is 5.88 Å². The average Bonchev–Trinajstić information content (AvgIpc) is 2.54. The first-order chi connectivity index (χ1) is 10.2. The minimum absolute atomic E-state index is 0.498. The lowest BCUT2D eigenvalue weighted by Gasteiger charge is -2.08. The molecule has 3 nitrogen and oxygen atoms in total. The Balaban J connectivity index is 2.06. The number of pyridine rings is 2. The Morgan fingerprint density at radius 1 is 1.00 bits per heavy atom. The fourth-order valence-corrected chi connectivity index (χ4v) is 2.34. The molecule has 0 saturated carbocycles. The van der Waals surface area contributed by atoms with Crippen LogP contribution in [0.25, 0.3) is 22.2 Å². The van der Waals surface area contributed by atoms with Gasteiger partial charge in [0.15, 0.2) is 0 Å². The Labute approximate surface area is 124 Å². The molecule has 3 aromatic rings. The van der Waals surface area contributed by atoms with Gasteiger partial charge in [-0.15, -0.1) is 0 Å². The Kier molecular flexibility index (Phi) is 3.57. The third-order valence-electron chi connectivity index (χ3n) is 3.62. The molecule has 0 N–H and O–H groups in total. The molecule has 1 aromatic carbocycles. The van der Waals surface area contributed by atoms with E-state index in [0.717, 1.165) is 22.2 Å². The normalized spacial score (nSPS) is 11.0. The van der Waals surface area contributed by atoms with Crippen molar-refractivity contribution in [2.24, 2.45) is 0 Å². The number of nitrogens with zero attached hydrogens (tertiary/aromatic N) is 2. The van der Waals surface area contributed by atoms with Crippen LogP contribution in [0.15, 0.2) is 48.7 Å². The minimum atomic E-state index is 0.498. The molecule has 106 valence electrons. The van der Waals surface area contributed by atoms with Gasteiger partial charge in [-0.05, 0) is 41.8 Å². The lowest BCUT2D eigenvalue weighted by Crippen LogP contribution is -1.91. The summed E-state index contributed by atoms with van der Waals surface area (Å²) in [6.07, 6.45) is 1.88. The highest BCUT2D eigenvalue weighted by atomic mass is 16.5. The maximum Gasteiger partial charge on any atom is 0.213 e. The van der Waals surface area contributed by atoms with Gasteiger partial charge in [0.05, 0.1) is 18.3 Å². The van der Waals surface area contributed by atoms with Crippen LogP contribution < -0.4 is 4.74 Å². The zero-order valence-electron chi connectivity index (χ0n) is 12.5. The molecule has 0 atom stereocenters. The van der Waals surface area contributed by atoms with Crippen molar-refractivity contribution >= 4 is 10.9 Å². The molecule has 2 aromatic heterocycles. The summed E-state index contributed by atoms with van der Waals surface area (Å²) in [5.41, 5.74) is 4.34. The van der Waals surface area contributed by atoms with Crippen molar-refractivity contribution in [3.63, 3.8) is 0 Å². The summed E-state index contributed by atoms with van der Waals surface area (Å²) in [5, 5.41) is 1.09. The zero-order chi connectivity index (χ0) is 14.8. The third-order valence-corrected chi connectivity index (χ3v) is 3.62. The van der Waals surface area contributed by atoms with Gasteiger partial charge in [-0.25, -0.2) is 4.98 Å². The molecule has 0 saturated heterocycles. The van der Waals surface area contributed by atoms with Crippen molar-refractivity contribution in [1.82, 2.24) is 9.97 Å². The number of fused-ring (bicyclic) bond motifs is 1. The predicted octanol–water partition coefficient (Wildman–Crippen LogP) is 4.43. The van der Waals surface area contributed by atoms with Crippen LogP contribution in [0.1, 0.15) is 25.3 Å². The molecule has 21 heavy (non-hydrogen) atoms. The minimum Gasteiger partial charge on any atom is -0.481 e. The van der Waals surface area contributed by atoms with Gasteiger partial charge in [0.1, 0.15) is 0 Å². The summed E-state index contributed by atoms with van der Waals surface area (Å²) in [6, 6.07) is 14.3. The Morgan fingerprint density at radius 2 is 1.86 bits per heavy atom. The number of rotatable bonds is 3. The van der Waals surface area contributed by atoms with Gasteiger partial charge in [-0.2, -0.15) is 0 Å². The summed E-state index contributed by atoms with van der Waals surface area (Å²) in [7, 11) is 1.63. The molecule has 0 radical (unpaired) electrons. The van der Waals surface area contributed by atoms with E-state index in [2.05, 4.69) is 48.1 Å². The SMILES string of the molecule is COc1ccc2cc(-c3cc(C(C)C)ccn3)ccc2n1. The Hall–Kier alpha value is -2.42. The molecular formula is C18H18N2O. The van der Waals surface area contributed by atoms with E-state index in [1.165, 1.54) is 5.56 Å². The van der Waals surface area contributed by atoms with Crippen LogP contribution in [-0.4, -0.2) is 17.1 Å². The molecule has 0 amide bonds. The van der Waals surface area contributed by atoms with E-state index >= 15 is 0 Å². The lowest BCUT2D eigenvalue weighted by atomic mass is 10.0. The first-order valence-corrected chi connectivity index (χ1v) is 7.08. The highest BCUT2D eigenvalue weighted by molar-refractivity contribution is 5.84. The van der Waals surface area contributed by atoms with Crippen molar-refractivity contribution in [3.8, 4) is 17.1 Å². The smallest absolute Gasteiger partial charge is 0.213 e. The van der Waals surface area contributed by atoms with E-state index < -0.39 is 0 Å². The van der Waals surface area contributed by atoms with Crippen LogP contribution >= 0.6 is 0 Å². The number of hydrogen-bond donors (Lipinski definition) is 0. The summed E-state index contributed by atoms with van der Waals surface area (Å²) in [5.74, 6) is 1.13. The molecule has 3 rings (SSSR count). The van der Waals surface area contributed by atoms with Gasteiger partial charge in [0.2, 0.25) is 5.88 Å².